The van der Waals surface area contributed by atoms with Crippen LogP contribution in [0.5, 0.6) is 0 Å². The van der Waals surface area contributed by atoms with Gasteiger partial charge in [-0.3, -0.25) is 9.69 Å². The molecule has 2 aliphatic rings. The predicted octanol–water partition coefficient (Wildman–Crippen LogP) is 2.18. The molecule has 1 aromatic rings. The Kier molecular flexibility index (Phi) is 3.69. The molecule has 0 spiro atoms. The number of hydrogen-bond donors (Lipinski definition) is 1. The van der Waals surface area contributed by atoms with Crippen molar-refractivity contribution in [2.45, 2.75) is 45.1 Å². The Bertz CT molecular complexity index is 542. The van der Waals surface area contributed by atoms with E-state index in [1.807, 2.05) is 0 Å². The highest BCUT2D eigenvalue weighted by atomic mass is 32.1. The largest absolute Gasteiger partial charge is 0.481 e. The summed E-state index contributed by atoms with van der Waals surface area (Å²) in [5, 5.41) is 10.3. The summed E-state index contributed by atoms with van der Waals surface area (Å²) in [6.45, 7) is 10.8. The molecule has 1 N–H and O–H groups in total. The zero-order valence-corrected chi connectivity index (χ0v) is 13.7. The summed E-state index contributed by atoms with van der Waals surface area (Å²) in [6.07, 6.45) is 1.58. The lowest BCUT2D eigenvalue weighted by atomic mass is 10.1. The lowest BCUT2D eigenvalue weighted by Gasteiger charge is -2.42. The Hall–Kier alpha value is -1.14. The molecule has 1 atom stereocenters. The fourth-order valence-electron chi connectivity index (χ4n) is 3.16. The van der Waals surface area contributed by atoms with Crippen molar-refractivity contribution in [1.82, 2.24) is 9.88 Å². The smallest absolute Gasteiger partial charge is 0.312 e. The maximum atomic E-state index is 11.2. The second kappa shape index (κ2) is 5.25. The maximum Gasteiger partial charge on any atom is 0.312 e. The van der Waals surface area contributed by atoms with Crippen molar-refractivity contribution >= 4 is 22.4 Å². The number of piperazine rings is 1. The molecular formula is C15H23N3O2S. The zero-order chi connectivity index (χ0) is 15.2. The van der Waals surface area contributed by atoms with Crippen molar-refractivity contribution in [3.05, 3.63) is 10.6 Å². The number of nitrogens with zero attached hydrogens (tertiary/aromatic N) is 3. The van der Waals surface area contributed by atoms with Crippen LogP contribution < -0.4 is 4.90 Å². The third-order valence-electron chi connectivity index (χ3n) is 4.50. The molecule has 6 heteroatoms. The number of carboxylic acid groups (broad SMARTS) is 1. The quantitative estimate of drug-likeness (QED) is 0.907. The summed E-state index contributed by atoms with van der Waals surface area (Å²) in [6, 6.07) is 0. The van der Waals surface area contributed by atoms with E-state index in [2.05, 4.69) is 35.6 Å². The topological polar surface area (TPSA) is 56.7 Å². The highest BCUT2D eigenvalue weighted by Gasteiger charge is 2.34. The monoisotopic (exact) mass is 309 g/mol. The number of aliphatic carboxylic acids is 1. The second-order valence-electron chi connectivity index (χ2n) is 6.88. The van der Waals surface area contributed by atoms with Gasteiger partial charge in [0.15, 0.2) is 5.13 Å². The van der Waals surface area contributed by atoms with Crippen molar-refractivity contribution in [1.29, 1.82) is 0 Å². The normalized spacial score (nSPS) is 23.4. The van der Waals surface area contributed by atoms with Gasteiger partial charge < -0.3 is 10.0 Å². The van der Waals surface area contributed by atoms with E-state index < -0.39 is 5.97 Å². The average molecular weight is 309 g/mol. The molecule has 116 valence electrons. The number of fused-ring (bicyclic) bond motifs is 1. The van der Waals surface area contributed by atoms with E-state index in [0.29, 0.717) is 6.42 Å². The summed E-state index contributed by atoms with van der Waals surface area (Å²) >= 11 is 1.69. The summed E-state index contributed by atoms with van der Waals surface area (Å²) in [5.41, 5.74) is 1.03. The molecule has 1 unspecified atom stereocenters. The summed E-state index contributed by atoms with van der Waals surface area (Å²) < 4.78 is 0. The molecule has 0 radical (unpaired) electrons. The Morgan fingerprint density at radius 1 is 1.29 bits per heavy atom. The summed E-state index contributed by atoms with van der Waals surface area (Å²) in [4.78, 5) is 21.9. The molecule has 0 amide bonds. The van der Waals surface area contributed by atoms with Crippen LogP contribution in [0.1, 0.15) is 43.7 Å². The number of thiazole rings is 1. The zero-order valence-electron chi connectivity index (χ0n) is 12.9. The lowest BCUT2D eigenvalue weighted by Crippen LogP contribution is -2.53. The second-order valence-corrected chi connectivity index (χ2v) is 7.94. The van der Waals surface area contributed by atoms with Crippen LogP contribution in [0.25, 0.3) is 0 Å². The van der Waals surface area contributed by atoms with Gasteiger partial charge in [0.25, 0.3) is 0 Å². The molecule has 5 nitrogen and oxygen atoms in total. The van der Waals surface area contributed by atoms with Gasteiger partial charge in [0, 0.05) is 36.6 Å². The van der Waals surface area contributed by atoms with Crippen LogP contribution in [0.15, 0.2) is 0 Å². The molecule has 2 heterocycles. The van der Waals surface area contributed by atoms with Gasteiger partial charge in [-0.15, -0.1) is 11.3 Å². The number of carbonyl (C=O) groups is 1. The fourth-order valence-corrected chi connectivity index (χ4v) is 4.35. The van der Waals surface area contributed by atoms with Crippen LogP contribution in [0.4, 0.5) is 5.13 Å². The minimum absolute atomic E-state index is 0.213. The Labute approximate surface area is 129 Å². The third-order valence-corrected chi connectivity index (χ3v) is 5.70. The van der Waals surface area contributed by atoms with E-state index in [1.54, 1.807) is 11.3 Å². The number of aromatic nitrogens is 1. The number of aryl methyl sites for hydroxylation is 1. The van der Waals surface area contributed by atoms with Crippen molar-refractivity contribution in [3.63, 3.8) is 0 Å². The molecule has 1 fully saturated rings. The van der Waals surface area contributed by atoms with Gasteiger partial charge in [-0.1, -0.05) is 0 Å². The fraction of sp³-hybridized carbons (Fsp3) is 0.733. The van der Waals surface area contributed by atoms with Crippen LogP contribution in [0.2, 0.25) is 0 Å². The van der Waals surface area contributed by atoms with E-state index in [9.17, 15) is 9.90 Å². The van der Waals surface area contributed by atoms with E-state index in [-0.39, 0.29) is 11.5 Å². The van der Waals surface area contributed by atoms with Crippen molar-refractivity contribution in [2.75, 3.05) is 31.1 Å². The van der Waals surface area contributed by atoms with Gasteiger partial charge in [-0.25, -0.2) is 4.98 Å². The van der Waals surface area contributed by atoms with Crippen LogP contribution in [-0.2, 0) is 11.2 Å². The first-order valence-electron chi connectivity index (χ1n) is 7.58. The van der Waals surface area contributed by atoms with E-state index in [4.69, 9.17) is 0 Å². The lowest BCUT2D eigenvalue weighted by molar-refractivity contribution is -0.138. The van der Waals surface area contributed by atoms with Gasteiger partial charge in [-0.2, -0.15) is 0 Å². The first-order valence-corrected chi connectivity index (χ1v) is 8.40. The third kappa shape index (κ3) is 2.79. The van der Waals surface area contributed by atoms with Crippen LogP contribution in [-0.4, -0.2) is 52.7 Å². The Balaban J connectivity index is 1.70. The number of carboxylic acids is 1. The molecule has 0 bridgehead atoms. The molecule has 1 aliphatic carbocycles. The standard InChI is InChI=1S/C15H23N3O2S/c1-15(2,3)18-8-6-17(7-9-18)14-16-12-10(13(19)20)4-5-11(12)21-14/h10H,4-9H2,1-3H3,(H,19,20). The minimum atomic E-state index is -0.733. The Morgan fingerprint density at radius 3 is 2.52 bits per heavy atom. The highest BCUT2D eigenvalue weighted by Crippen LogP contribution is 2.39. The maximum absolute atomic E-state index is 11.2. The predicted molar refractivity (Wildman–Crippen MR) is 84.4 cm³/mol. The molecule has 1 aliphatic heterocycles. The molecule has 21 heavy (non-hydrogen) atoms. The number of anilines is 1. The first kappa shape index (κ1) is 14.8. The van der Waals surface area contributed by atoms with Gasteiger partial charge in [0.05, 0.1) is 5.69 Å². The summed E-state index contributed by atoms with van der Waals surface area (Å²) in [5.74, 6) is -1.12. The Morgan fingerprint density at radius 2 is 1.95 bits per heavy atom. The molecule has 3 rings (SSSR count). The molecule has 1 saturated heterocycles. The van der Waals surface area contributed by atoms with E-state index in [1.165, 1.54) is 4.88 Å². The molecular weight excluding hydrogens is 286 g/mol. The number of hydrogen-bond acceptors (Lipinski definition) is 5. The first-order chi connectivity index (χ1) is 9.86. The molecule has 0 aromatic carbocycles. The van der Waals surface area contributed by atoms with Crippen molar-refractivity contribution in [3.8, 4) is 0 Å². The number of rotatable bonds is 2. The minimum Gasteiger partial charge on any atom is -0.481 e. The van der Waals surface area contributed by atoms with Crippen LogP contribution >= 0.6 is 11.3 Å². The van der Waals surface area contributed by atoms with Crippen molar-refractivity contribution < 1.29 is 9.90 Å². The van der Waals surface area contributed by atoms with Gasteiger partial charge in [-0.05, 0) is 33.6 Å². The van der Waals surface area contributed by atoms with Crippen molar-refractivity contribution in [2.24, 2.45) is 0 Å². The van der Waals surface area contributed by atoms with Gasteiger partial charge in [0.1, 0.15) is 5.92 Å². The molecule has 0 saturated carbocycles. The molecule has 1 aromatic heterocycles. The van der Waals surface area contributed by atoms with E-state index in [0.717, 1.165) is 43.4 Å². The van der Waals surface area contributed by atoms with Gasteiger partial charge in [0.2, 0.25) is 0 Å². The summed E-state index contributed by atoms with van der Waals surface area (Å²) in [7, 11) is 0. The average Bonchev–Trinajstić information content (AvgIpc) is 2.96. The van der Waals surface area contributed by atoms with Gasteiger partial charge >= 0.3 is 5.97 Å². The van der Waals surface area contributed by atoms with Crippen LogP contribution in [0.3, 0.4) is 0 Å². The highest BCUT2D eigenvalue weighted by molar-refractivity contribution is 7.15. The van der Waals surface area contributed by atoms with E-state index >= 15 is 0 Å². The van der Waals surface area contributed by atoms with Crippen LogP contribution in [0, 0.1) is 0 Å². The SMILES string of the molecule is CC(C)(C)N1CCN(c2nc3c(s2)CCC3C(=O)O)CC1.